The molecule has 16 rings (SSSR count). The number of hydrogen-bond donors (Lipinski definition) is 0. The fourth-order valence-electron chi connectivity index (χ4n) is 13.4. The van der Waals surface area contributed by atoms with E-state index in [1.54, 1.807) is 28.8 Å². The Morgan fingerprint density at radius 1 is 0.433 bits per heavy atom. The number of nitrogens with zero attached hydrogens (tertiary/aromatic N) is 4. The van der Waals surface area contributed by atoms with Crippen molar-refractivity contribution in [1.29, 1.82) is 0 Å². The standard InChI is InChI=1S/C90H74N4OSi.Pt/c1-88(2,3)63-45-43-60(44-46-63)79-54-65(90(7,8)9)55-81-76-40-22-20-38-74(76)73-37-19-21-39-75(73)80-52-62(61-27-25-36-72(51-61)96(69-30-13-10-14-31-69,70-32-15-11-16-33-70)71-34-17-12-18-35-71)53-84-87(80)93(86(79)81)59-92(84)66-28-26-29-67(57-66)95-68-47-48-78-77-41-23-24-42-82(77)94(83(78)58-68)85-56-64(49-50-91-85)89(4,5)6;/h10-56H,1-9H3;/q-2;/i10D,11D,12D,13D,14D,15D,16D,17D,18D,25D,27D,30D,31D,32D,33D,34D,35D,36D,51D;. The summed E-state index contributed by atoms with van der Waals surface area (Å²) in [5, 5.41) is -1.87. The maximum Gasteiger partial charge on any atom is 0.268 e. The van der Waals surface area contributed by atoms with Crippen molar-refractivity contribution in [2.45, 2.75) is 78.6 Å². The molecule has 15 aromatic rings. The van der Waals surface area contributed by atoms with Gasteiger partial charge in [-0.3, -0.25) is 4.57 Å². The van der Waals surface area contributed by atoms with E-state index >= 15 is 0 Å². The van der Waals surface area contributed by atoms with Crippen molar-refractivity contribution in [1.82, 2.24) is 14.1 Å². The van der Waals surface area contributed by atoms with E-state index in [0.717, 1.165) is 66.4 Å². The van der Waals surface area contributed by atoms with Gasteiger partial charge in [-0.1, -0.05) is 292 Å². The number of rotatable bonds is 10. The fourth-order valence-corrected chi connectivity index (χ4v) is 16.9. The molecule has 1 aliphatic rings. The molecule has 1 aliphatic heterocycles. The van der Waals surface area contributed by atoms with E-state index in [-0.39, 0.29) is 43.2 Å². The van der Waals surface area contributed by atoms with Gasteiger partial charge in [0, 0.05) is 44.3 Å². The molecule has 0 unspecified atom stereocenters. The van der Waals surface area contributed by atoms with E-state index < -0.39 is 155 Å². The quantitative estimate of drug-likeness (QED) is 0.0592. The molecule has 0 fully saturated rings. The van der Waals surface area contributed by atoms with Crippen LogP contribution in [-0.4, -0.2) is 22.2 Å². The van der Waals surface area contributed by atoms with Crippen LogP contribution in [0.5, 0.6) is 11.5 Å². The van der Waals surface area contributed by atoms with Crippen LogP contribution in [0.25, 0.3) is 106 Å². The molecule has 476 valence electrons. The van der Waals surface area contributed by atoms with Crippen LogP contribution in [0.1, 0.15) is 105 Å². The van der Waals surface area contributed by atoms with Crippen LogP contribution in [0, 0.1) is 18.5 Å². The first-order valence-electron chi connectivity index (χ1n) is 41.4. The van der Waals surface area contributed by atoms with Crippen molar-refractivity contribution >= 4 is 61.7 Å². The van der Waals surface area contributed by atoms with Crippen molar-refractivity contribution in [3.63, 3.8) is 0 Å². The van der Waals surface area contributed by atoms with Crippen LogP contribution in [0.3, 0.4) is 0 Å². The second kappa shape index (κ2) is 24.4. The summed E-state index contributed by atoms with van der Waals surface area (Å²) in [4.78, 5) is 4.90. The topological polar surface area (TPSA) is 35.9 Å². The van der Waals surface area contributed by atoms with Crippen LogP contribution in [-0.2, 0) is 37.3 Å². The zero-order valence-electron chi connectivity index (χ0n) is 73.7. The fraction of sp³-hybridized carbons (Fsp3) is 0.133. The maximum absolute atomic E-state index is 11.1. The van der Waals surface area contributed by atoms with Crippen LogP contribution in [0.4, 0.5) is 0 Å². The van der Waals surface area contributed by atoms with Crippen LogP contribution in [0.15, 0.2) is 285 Å². The van der Waals surface area contributed by atoms with Gasteiger partial charge < -0.3 is 13.9 Å². The first-order chi connectivity index (χ1) is 54.4. The molecule has 0 saturated carbocycles. The third-order valence-corrected chi connectivity index (χ3v) is 22.3. The Morgan fingerprint density at radius 2 is 1.00 bits per heavy atom. The number of hydrogen-bond acceptors (Lipinski definition) is 2. The van der Waals surface area contributed by atoms with Crippen molar-refractivity contribution < 1.29 is 56.4 Å². The van der Waals surface area contributed by atoms with E-state index in [9.17, 15) is 21.9 Å². The second-order valence-electron chi connectivity index (χ2n) is 27.3. The minimum absolute atomic E-state index is 0. The molecular weight excluding hydrogens is 1380 g/mol. The normalized spacial score (nSPS) is 15.0. The number of imidazole rings is 1. The summed E-state index contributed by atoms with van der Waals surface area (Å²) in [5.41, 5.74) is 11.2. The van der Waals surface area contributed by atoms with Crippen molar-refractivity contribution in [3.05, 3.63) is 320 Å². The van der Waals surface area contributed by atoms with Crippen LogP contribution in [0.2, 0.25) is 0 Å². The molecule has 0 radical (unpaired) electrons. The summed E-state index contributed by atoms with van der Waals surface area (Å²) in [6.45, 7) is 19.4. The molecule has 12 aromatic carbocycles. The minimum atomic E-state index is -6.29. The average molecular weight is 1470 g/mol. The molecule has 0 N–H and O–H groups in total. The molecule has 0 bridgehead atoms. The van der Waals surface area contributed by atoms with Gasteiger partial charge >= 0.3 is 0 Å². The summed E-state index contributed by atoms with van der Waals surface area (Å²) in [6.07, 6.45) is 5.65. The third kappa shape index (κ3) is 11.0. The number of ether oxygens (including phenoxy) is 1. The Balaban J connectivity index is 0.0000106. The number of benzene rings is 12. The van der Waals surface area contributed by atoms with Gasteiger partial charge in [0.15, 0.2) is 8.07 Å². The van der Waals surface area contributed by atoms with Gasteiger partial charge in [0.05, 0.1) is 42.8 Å². The Bertz CT molecular complexity index is 6460. The van der Waals surface area contributed by atoms with E-state index in [0.29, 0.717) is 50.6 Å². The van der Waals surface area contributed by atoms with Gasteiger partial charge in [-0.2, -0.15) is 18.2 Å². The molecule has 0 atom stereocenters. The zero-order valence-corrected chi connectivity index (χ0v) is 58.0. The smallest absolute Gasteiger partial charge is 0.268 e. The average Bonchev–Trinajstić information content (AvgIpc) is 0.794. The van der Waals surface area contributed by atoms with E-state index in [4.69, 9.17) is 13.8 Å². The van der Waals surface area contributed by atoms with E-state index in [1.807, 2.05) is 95.7 Å². The largest absolute Gasteiger partial charge is 0.510 e. The van der Waals surface area contributed by atoms with E-state index in [1.165, 1.54) is 0 Å². The van der Waals surface area contributed by atoms with Crippen LogP contribution < -0.4 is 30.1 Å². The molecule has 0 saturated heterocycles. The van der Waals surface area contributed by atoms with Crippen molar-refractivity contribution in [2.75, 3.05) is 0 Å². The molecule has 7 heteroatoms. The molecule has 0 amide bonds. The molecule has 0 aliphatic carbocycles. The maximum atomic E-state index is 11.1. The van der Waals surface area contributed by atoms with Crippen LogP contribution >= 0.6 is 0 Å². The van der Waals surface area contributed by atoms with Gasteiger partial charge in [-0.25, -0.2) is 4.98 Å². The zero-order chi connectivity index (χ0) is 82.2. The number of para-hydroxylation sites is 1. The first-order valence-corrected chi connectivity index (χ1v) is 33.9. The molecular formula is C90H74N4OPtSi-2. The Hall–Kier alpha value is -10.2. The summed E-state index contributed by atoms with van der Waals surface area (Å²) < 4.78 is 197. The monoisotopic (exact) mass is 1470 g/mol. The summed E-state index contributed by atoms with van der Waals surface area (Å²) in [5.74, 6) is 1.26. The Kier molecular flexibility index (Phi) is 11.2. The van der Waals surface area contributed by atoms with Crippen molar-refractivity contribution in [2.24, 2.45) is 0 Å². The molecule has 97 heavy (non-hydrogen) atoms. The summed E-state index contributed by atoms with van der Waals surface area (Å²) >= 11 is 0. The van der Waals surface area contributed by atoms with Gasteiger partial charge in [-0.15, -0.1) is 29.7 Å². The number of fused-ring (bicyclic) bond motifs is 10. The summed E-state index contributed by atoms with van der Waals surface area (Å²) in [6, 6.07) is 40.8. The Labute approximate surface area is 612 Å². The van der Waals surface area contributed by atoms with Gasteiger partial charge in [0.1, 0.15) is 5.82 Å². The minimum Gasteiger partial charge on any atom is -0.510 e. The molecule has 0 spiro atoms. The Morgan fingerprint density at radius 3 is 1.63 bits per heavy atom. The summed E-state index contributed by atoms with van der Waals surface area (Å²) in [7, 11) is -6.29. The van der Waals surface area contributed by atoms with Gasteiger partial charge in [-0.05, 0) is 145 Å². The van der Waals surface area contributed by atoms with Crippen molar-refractivity contribution in [3.8, 4) is 84.3 Å². The van der Waals surface area contributed by atoms with E-state index in [2.05, 4.69) is 140 Å². The number of aromatic nitrogens is 4. The molecule has 3 aromatic heterocycles. The SMILES string of the molecule is [2H]c1c([2H])c([2H])c([Si](c2c([2H])c([2H])c([2H])c([2H])c2[2H])(c2c([2H])c([2H])c([2H])c([2H])c2[2H])c2c([2H])c([2H])c([2H])c(-c3cc4c5c(c3)n(-c3[c-]c(Oc6[c-]c7c(cc6)c6ccccc6n7-c6cc(C(C)(C)C)ccn6)ccc3)[c-][n+]5-c3c(-c5ccc(C(C)(C)C)cc5)cc(C(C)(C)C)cc3-c3ccccc3-c3ccccc3-4)c2[2H])c([2H])c1[2H].[Pt]. The van der Waals surface area contributed by atoms with Gasteiger partial charge in [0.25, 0.3) is 6.33 Å². The third-order valence-electron chi connectivity index (χ3n) is 18.3. The molecule has 4 heterocycles. The first kappa shape index (κ1) is 44.5. The predicted molar refractivity (Wildman–Crippen MR) is 400 cm³/mol. The molecule has 5 nitrogen and oxygen atoms in total. The van der Waals surface area contributed by atoms with Gasteiger partial charge in [0.2, 0.25) is 0 Å². The second-order valence-corrected chi connectivity index (χ2v) is 30.8. The number of pyridine rings is 1. The predicted octanol–water partition coefficient (Wildman–Crippen LogP) is 19.5.